The van der Waals surface area contributed by atoms with Crippen LogP contribution in [-0.2, 0) is 0 Å². The Hall–Kier alpha value is -2.15. The van der Waals surface area contributed by atoms with E-state index in [1.807, 2.05) is 31.1 Å². The summed E-state index contributed by atoms with van der Waals surface area (Å²) in [6.07, 6.45) is 0. The van der Waals surface area contributed by atoms with Gasteiger partial charge in [0.05, 0.1) is 17.0 Å². The maximum absolute atomic E-state index is 13.4. The lowest BCUT2D eigenvalue weighted by Crippen LogP contribution is -2.35. The minimum Gasteiger partial charge on any atom is -0.450 e. The zero-order valence-corrected chi connectivity index (χ0v) is 17.8. The first-order valence-electron chi connectivity index (χ1n) is 8.84. The second-order valence-corrected chi connectivity index (χ2v) is 8.42. The van der Waals surface area contributed by atoms with Crippen molar-refractivity contribution in [3.63, 3.8) is 0 Å². The maximum atomic E-state index is 13.4. The van der Waals surface area contributed by atoms with Crippen LogP contribution in [0.5, 0.6) is 0 Å². The summed E-state index contributed by atoms with van der Waals surface area (Å²) < 4.78 is 6.69. The number of halogens is 2. The predicted octanol–water partition coefficient (Wildman–Crippen LogP) is 4.32. The van der Waals surface area contributed by atoms with Gasteiger partial charge in [0.1, 0.15) is 5.58 Å². The van der Waals surface area contributed by atoms with E-state index in [1.165, 1.54) is 0 Å². The van der Waals surface area contributed by atoms with Crippen LogP contribution in [0.3, 0.4) is 0 Å². The molecule has 1 aliphatic rings. The molecule has 1 aliphatic heterocycles. The van der Waals surface area contributed by atoms with Crippen LogP contribution in [0.25, 0.3) is 11.0 Å². The molecule has 1 atom stereocenters. The summed E-state index contributed by atoms with van der Waals surface area (Å²) >= 11 is 9.44. The third kappa shape index (κ3) is 3.26. The maximum Gasteiger partial charge on any atom is 0.290 e. The molecule has 0 N–H and O–H groups in total. The molecule has 0 saturated heterocycles. The molecule has 1 unspecified atom stereocenters. The zero-order chi connectivity index (χ0) is 20.0. The predicted molar refractivity (Wildman–Crippen MR) is 113 cm³/mol. The van der Waals surface area contributed by atoms with E-state index in [1.54, 1.807) is 35.2 Å². The fourth-order valence-electron chi connectivity index (χ4n) is 3.52. The minimum absolute atomic E-state index is 0.124. The number of rotatable bonds is 4. The molecule has 1 amide bonds. The molecule has 0 fully saturated rings. The highest BCUT2D eigenvalue weighted by Crippen LogP contribution is 2.38. The van der Waals surface area contributed by atoms with Crippen LogP contribution in [0.1, 0.15) is 27.7 Å². The molecule has 144 valence electrons. The molecule has 0 saturated carbocycles. The van der Waals surface area contributed by atoms with Gasteiger partial charge in [-0.25, -0.2) is 0 Å². The van der Waals surface area contributed by atoms with Crippen molar-refractivity contribution in [1.82, 2.24) is 9.80 Å². The lowest BCUT2D eigenvalue weighted by Gasteiger charge is -2.26. The van der Waals surface area contributed by atoms with Gasteiger partial charge in [-0.05, 0) is 50.0 Å². The van der Waals surface area contributed by atoms with Crippen LogP contribution in [0.15, 0.2) is 56.1 Å². The highest BCUT2D eigenvalue weighted by molar-refractivity contribution is 9.10. The molecular weight excluding hydrogens is 444 g/mol. The van der Waals surface area contributed by atoms with Crippen LogP contribution in [0.2, 0.25) is 5.02 Å². The molecule has 0 radical (unpaired) electrons. The van der Waals surface area contributed by atoms with E-state index in [-0.39, 0.29) is 17.1 Å². The molecule has 4 rings (SSSR count). The largest absolute Gasteiger partial charge is 0.450 e. The summed E-state index contributed by atoms with van der Waals surface area (Å²) in [6.45, 7) is 1.14. The molecule has 7 heteroatoms. The summed E-state index contributed by atoms with van der Waals surface area (Å²) in [4.78, 5) is 30.2. The molecule has 0 spiro atoms. The Kier molecular flexibility index (Phi) is 5.04. The van der Waals surface area contributed by atoms with Gasteiger partial charge in [-0.2, -0.15) is 0 Å². The quantitative estimate of drug-likeness (QED) is 0.581. The Bertz CT molecular complexity index is 1120. The molecular formula is C21H18BrClN2O3. The number of likely N-dealkylation sites (N-methyl/N-ethyl adjacent to an activating group) is 1. The highest BCUT2D eigenvalue weighted by Gasteiger charge is 2.42. The summed E-state index contributed by atoms with van der Waals surface area (Å²) in [5, 5.41) is 1.05. The van der Waals surface area contributed by atoms with Crippen molar-refractivity contribution < 1.29 is 9.21 Å². The summed E-state index contributed by atoms with van der Waals surface area (Å²) in [5.41, 5.74) is 1.44. The first kappa shape index (κ1) is 19.2. The first-order chi connectivity index (χ1) is 13.4. The van der Waals surface area contributed by atoms with Crippen molar-refractivity contribution in [2.45, 2.75) is 6.04 Å². The molecule has 2 aromatic carbocycles. The number of hydrogen-bond donors (Lipinski definition) is 0. The van der Waals surface area contributed by atoms with Gasteiger partial charge in [-0.1, -0.05) is 39.7 Å². The van der Waals surface area contributed by atoms with Gasteiger partial charge in [-0.3, -0.25) is 9.59 Å². The standard InChI is InChI=1S/C21H18BrClN2O3/c1-24(2)9-10-25-18(12-3-6-14(23)7-4-12)17-19(26)15-11-13(22)5-8-16(15)28-20(17)21(25)27/h3-8,11,18H,9-10H2,1-2H3. The van der Waals surface area contributed by atoms with Crippen LogP contribution >= 0.6 is 27.5 Å². The van der Waals surface area contributed by atoms with Gasteiger partial charge in [0.2, 0.25) is 5.76 Å². The van der Waals surface area contributed by atoms with E-state index in [9.17, 15) is 9.59 Å². The molecule has 28 heavy (non-hydrogen) atoms. The number of carbonyl (C=O) groups is 1. The second-order valence-electron chi connectivity index (χ2n) is 7.07. The zero-order valence-electron chi connectivity index (χ0n) is 15.4. The van der Waals surface area contributed by atoms with Gasteiger partial charge in [0.15, 0.2) is 5.43 Å². The lowest BCUT2D eigenvalue weighted by atomic mass is 9.98. The van der Waals surface area contributed by atoms with E-state index in [4.69, 9.17) is 16.0 Å². The van der Waals surface area contributed by atoms with E-state index in [2.05, 4.69) is 15.9 Å². The van der Waals surface area contributed by atoms with Crippen molar-refractivity contribution in [1.29, 1.82) is 0 Å². The van der Waals surface area contributed by atoms with Crippen molar-refractivity contribution in [2.24, 2.45) is 0 Å². The normalized spacial score (nSPS) is 16.2. The molecule has 0 aliphatic carbocycles. The number of amides is 1. The van der Waals surface area contributed by atoms with Crippen LogP contribution in [0.4, 0.5) is 0 Å². The van der Waals surface area contributed by atoms with Crippen molar-refractivity contribution >= 4 is 44.4 Å². The smallest absolute Gasteiger partial charge is 0.290 e. The Balaban J connectivity index is 1.94. The molecule has 5 nitrogen and oxygen atoms in total. The van der Waals surface area contributed by atoms with Gasteiger partial charge in [0.25, 0.3) is 5.91 Å². The molecule has 1 aromatic heterocycles. The topological polar surface area (TPSA) is 53.8 Å². The van der Waals surface area contributed by atoms with Gasteiger partial charge in [0, 0.05) is 22.6 Å². The Morgan fingerprint density at radius 3 is 2.54 bits per heavy atom. The number of nitrogens with zero attached hydrogens (tertiary/aromatic N) is 2. The van der Waals surface area contributed by atoms with Gasteiger partial charge >= 0.3 is 0 Å². The molecule has 0 bridgehead atoms. The molecule has 3 aromatic rings. The van der Waals surface area contributed by atoms with E-state index in [0.717, 1.165) is 10.0 Å². The van der Waals surface area contributed by atoms with Crippen LogP contribution in [-0.4, -0.2) is 42.9 Å². The SMILES string of the molecule is CN(C)CCN1C(=O)c2oc3ccc(Br)cc3c(=O)c2C1c1ccc(Cl)cc1. The van der Waals surface area contributed by atoms with Crippen LogP contribution < -0.4 is 5.43 Å². The average molecular weight is 462 g/mol. The fourth-order valence-corrected chi connectivity index (χ4v) is 4.01. The summed E-state index contributed by atoms with van der Waals surface area (Å²) in [5.74, 6) is -0.141. The van der Waals surface area contributed by atoms with E-state index >= 15 is 0 Å². The Morgan fingerprint density at radius 2 is 1.86 bits per heavy atom. The third-order valence-corrected chi connectivity index (χ3v) is 5.65. The third-order valence-electron chi connectivity index (χ3n) is 4.90. The summed E-state index contributed by atoms with van der Waals surface area (Å²) in [7, 11) is 3.89. The second kappa shape index (κ2) is 7.35. The average Bonchev–Trinajstić information content (AvgIpc) is 2.94. The Labute approximate surface area is 175 Å². The lowest BCUT2D eigenvalue weighted by molar-refractivity contribution is 0.0716. The van der Waals surface area contributed by atoms with Crippen molar-refractivity contribution in [3.05, 3.63) is 79.1 Å². The van der Waals surface area contributed by atoms with Crippen molar-refractivity contribution in [2.75, 3.05) is 27.2 Å². The van der Waals surface area contributed by atoms with Gasteiger partial charge < -0.3 is 14.2 Å². The number of hydrogen-bond acceptors (Lipinski definition) is 4. The van der Waals surface area contributed by atoms with Crippen LogP contribution in [0, 0.1) is 0 Å². The number of carbonyl (C=O) groups excluding carboxylic acids is 1. The first-order valence-corrected chi connectivity index (χ1v) is 10.0. The van der Waals surface area contributed by atoms with E-state index < -0.39 is 6.04 Å². The van der Waals surface area contributed by atoms with Crippen molar-refractivity contribution in [3.8, 4) is 0 Å². The monoisotopic (exact) mass is 460 g/mol. The highest BCUT2D eigenvalue weighted by atomic mass is 79.9. The molecule has 2 heterocycles. The number of fused-ring (bicyclic) bond motifs is 2. The fraction of sp³-hybridized carbons (Fsp3) is 0.238. The minimum atomic E-state index is -0.501. The summed E-state index contributed by atoms with van der Waals surface area (Å²) in [6, 6.07) is 12.0. The Morgan fingerprint density at radius 1 is 1.14 bits per heavy atom. The van der Waals surface area contributed by atoms with Gasteiger partial charge in [-0.15, -0.1) is 0 Å². The van der Waals surface area contributed by atoms with E-state index in [0.29, 0.717) is 34.6 Å². The number of benzene rings is 2.